The van der Waals surface area contributed by atoms with Crippen LogP contribution in [0.1, 0.15) is 43.0 Å². The largest absolute Gasteiger partial charge is 0.293 e. The molecule has 0 aromatic heterocycles. The molecule has 19 heavy (non-hydrogen) atoms. The fourth-order valence-electron chi connectivity index (χ4n) is 2.12. The average molecular weight is 255 g/mol. The standard InChI is InChI=1S/C17H21NO/c1-11-7-12(2)15(13(3)8-11)9-14(10-18)16(19)17(4,5)6/h7-9H,1-6H3/b14-9-. The summed E-state index contributed by atoms with van der Waals surface area (Å²) in [5, 5.41) is 9.22. The van der Waals surface area contributed by atoms with Crippen LogP contribution in [0.25, 0.3) is 6.08 Å². The van der Waals surface area contributed by atoms with Crippen LogP contribution in [-0.4, -0.2) is 5.78 Å². The second-order valence-electron chi connectivity index (χ2n) is 6.06. The first-order valence-electron chi connectivity index (χ1n) is 6.41. The van der Waals surface area contributed by atoms with E-state index in [2.05, 4.69) is 12.1 Å². The van der Waals surface area contributed by atoms with Crippen molar-refractivity contribution in [2.24, 2.45) is 5.41 Å². The molecule has 100 valence electrons. The molecule has 1 aromatic carbocycles. The molecule has 1 aromatic rings. The van der Waals surface area contributed by atoms with Crippen molar-refractivity contribution in [3.8, 4) is 6.07 Å². The molecule has 1 rings (SSSR count). The van der Waals surface area contributed by atoms with Gasteiger partial charge in [-0.1, -0.05) is 38.5 Å². The summed E-state index contributed by atoms with van der Waals surface area (Å²) < 4.78 is 0. The number of ketones is 1. The maximum absolute atomic E-state index is 12.2. The molecule has 2 heteroatoms. The van der Waals surface area contributed by atoms with Gasteiger partial charge in [0.1, 0.15) is 6.07 Å². The summed E-state index contributed by atoms with van der Waals surface area (Å²) in [5.41, 5.74) is 4.03. The molecular formula is C17H21NO. The zero-order valence-electron chi connectivity index (χ0n) is 12.6. The highest BCUT2D eigenvalue weighted by Crippen LogP contribution is 2.24. The van der Waals surface area contributed by atoms with Gasteiger partial charge in [-0.25, -0.2) is 0 Å². The minimum atomic E-state index is -0.534. The van der Waals surface area contributed by atoms with Crippen molar-refractivity contribution in [1.82, 2.24) is 0 Å². The monoisotopic (exact) mass is 255 g/mol. The van der Waals surface area contributed by atoms with Crippen LogP contribution in [0, 0.1) is 37.5 Å². The molecule has 0 aliphatic rings. The summed E-state index contributed by atoms with van der Waals surface area (Å²) in [7, 11) is 0. The van der Waals surface area contributed by atoms with Gasteiger partial charge in [0.05, 0.1) is 5.57 Å². The molecule has 0 heterocycles. The van der Waals surface area contributed by atoms with E-state index in [1.807, 2.05) is 47.6 Å². The van der Waals surface area contributed by atoms with Crippen molar-refractivity contribution in [1.29, 1.82) is 5.26 Å². The van der Waals surface area contributed by atoms with E-state index < -0.39 is 5.41 Å². The lowest BCUT2D eigenvalue weighted by molar-refractivity contribution is -0.121. The first kappa shape index (κ1) is 15.2. The Bertz CT molecular complexity index is 557. The number of benzene rings is 1. The predicted molar refractivity (Wildman–Crippen MR) is 78.7 cm³/mol. The third-order valence-electron chi connectivity index (χ3n) is 3.07. The Kier molecular flexibility index (Phi) is 4.32. The predicted octanol–water partition coefficient (Wildman–Crippen LogP) is 4.13. The van der Waals surface area contributed by atoms with E-state index >= 15 is 0 Å². The van der Waals surface area contributed by atoms with Crippen molar-refractivity contribution in [2.75, 3.05) is 0 Å². The van der Waals surface area contributed by atoms with Gasteiger partial charge in [-0.05, 0) is 43.5 Å². The second-order valence-corrected chi connectivity index (χ2v) is 6.06. The normalized spacial score (nSPS) is 12.2. The van der Waals surface area contributed by atoms with Crippen LogP contribution in [-0.2, 0) is 4.79 Å². The minimum Gasteiger partial charge on any atom is -0.293 e. The van der Waals surface area contributed by atoms with Gasteiger partial charge in [-0.15, -0.1) is 0 Å². The molecule has 0 spiro atoms. The minimum absolute atomic E-state index is 0.116. The molecule has 2 nitrogen and oxygen atoms in total. The molecule has 0 unspecified atom stereocenters. The van der Waals surface area contributed by atoms with Gasteiger partial charge in [0, 0.05) is 5.41 Å². The third-order valence-corrected chi connectivity index (χ3v) is 3.07. The number of aryl methyl sites for hydroxylation is 3. The SMILES string of the molecule is Cc1cc(C)c(/C=C(/C#N)C(=O)C(C)(C)C)c(C)c1. The molecule has 0 amide bonds. The van der Waals surface area contributed by atoms with E-state index in [0.717, 1.165) is 16.7 Å². The highest BCUT2D eigenvalue weighted by molar-refractivity contribution is 6.06. The first-order valence-corrected chi connectivity index (χ1v) is 6.41. The Hall–Kier alpha value is -1.88. The lowest BCUT2D eigenvalue weighted by Gasteiger charge is -2.16. The smallest absolute Gasteiger partial charge is 0.178 e. The Balaban J connectivity index is 3.36. The van der Waals surface area contributed by atoms with Gasteiger partial charge in [0.25, 0.3) is 0 Å². The van der Waals surface area contributed by atoms with Crippen LogP contribution in [0.2, 0.25) is 0 Å². The van der Waals surface area contributed by atoms with Crippen molar-refractivity contribution in [2.45, 2.75) is 41.5 Å². The van der Waals surface area contributed by atoms with Crippen LogP contribution >= 0.6 is 0 Å². The zero-order chi connectivity index (χ0) is 14.8. The topological polar surface area (TPSA) is 40.9 Å². The molecule has 0 aliphatic heterocycles. The van der Waals surface area contributed by atoms with Gasteiger partial charge in [0.2, 0.25) is 0 Å². The van der Waals surface area contributed by atoms with E-state index in [9.17, 15) is 10.1 Å². The highest BCUT2D eigenvalue weighted by Gasteiger charge is 2.25. The Morgan fingerprint density at radius 3 is 2.00 bits per heavy atom. The van der Waals surface area contributed by atoms with E-state index in [1.165, 1.54) is 5.56 Å². The summed E-state index contributed by atoms with van der Waals surface area (Å²) in [6.45, 7) is 11.5. The van der Waals surface area contributed by atoms with Crippen molar-refractivity contribution < 1.29 is 4.79 Å². The number of carbonyl (C=O) groups excluding carboxylic acids is 1. The molecule has 0 aliphatic carbocycles. The van der Waals surface area contributed by atoms with Gasteiger partial charge in [-0.3, -0.25) is 4.79 Å². The Labute approximate surface area is 115 Å². The molecule has 0 fully saturated rings. The van der Waals surface area contributed by atoms with Crippen LogP contribution in [0.5, 0.6) is 0 Å². The fraction of sp³-hybridized carbons (Fsp3) is 0.412. The highest BCUT2D eigenvalue weighted by atomic mass is 16.1. The van der Waals surface area contributed by atoms with Crippen molar-refractivity contribution >= 4 is 11.9 Å². The Morgan fingerprint density at radius 2 is 1.63 bits per heavy atom. The van der Waals surface area contributed by atoms with Gasteiger partial charge < -0.3 is 0 Å². The summed E-state index contributed by atoms with van der Waals surface area (Å²) in [6.07, 6.45) is 1.72. The van der Waals surface area contributed by atoms with Crippen LogP contribution in [0.15, 0.2) is 17.7 Å². The number of hydrogen-bond acceptors (Lipinski definition) is 2. The summed E-state index contributed by atoms with van der Waals surface area (Å²) in [4.78, 5) is 12.2. The number of nitrogens with zero attached hydrogens (tertiary/aromatic N) is 1. The van der Waals surface area contributed by atoms with E-state index in [4.69, 9.17) is 0 Å². The molecule has 0 radical (unpaired) electrons. The summed E-state index contributed by atoms with van der Waals surface area (Å²) in [6, 6.07) is 6.17. The summed E-state index contributed by atoms with van der Waals surface area (Å²) >= 11 is 0. The second kappa shape index (κ2) is 5.40. The molecule has 0 saturated carbocycles. The van der Waals surface area contributed by atoms with Crippen LogP contribution in [0.4, 0.5) is 0 Å². The quantitative estimate of drug-likeness (QED) is 0.589. The lowest BCUT2D eigenvalue weighted by Crippen LogP contribution is -2.21. The van der Waals surface area contributed by atoms with Crippen molar-refractivity contribution in [3.63, 3.8) is 0 Å². The maximum Gasteiger partial charge on any atom is 0.178 e. The van der Waals surface area contributed by atoms with Crippen LogP contribution in [0.3, 0.4) is 0 Å². The number of allylic oxidation sites excluding steroid dienone is 1. The van der Waals surface area contributed by atoms with Gasteiger partial charge >= 0.3 is 0 Å². The Morgan fingerprint density at radius 1 is 1.16 bits per heavy atom. The number of nitriles is 1. The van der Waals surface area contributed by atoms with E-state index in [-0.39, 0.29) is 11.4 Å². The molecule has 0 atom stereocenters. The maximum atomic E-state index is 12.2. The third kappa shape index (κ3) is 3.54. The molecule has 0 N–H and O–H groups in total. The van der Waals surface area contributed by atoms with Gasteiger partial charge in [-0.2, -0.15) is 5.26 Å². The first-order chi connectivity index (χ1) is 8.66. The van der Waals surface area contributed by atoms with E-state index in [1.54, 1.807) is 6.08 Å². The van der Waals surface area contributed by atoms with Gasteiger partial charge in [0.15, 0.2) is 5.78 Å². The molecular weight excluding hydrogens is 234 g/mol. The number of hydrogen-bond donors (Lipinski definition) is 0. The average Bonchev–Trinajstić information content (AvgIpc) is 2.26. The lowest BCUT2D eigenvalue weighted by atomic mass is 9.85. The number of carbonyl (C=O) groups is 1. The zero-order valence-corrected chi connectivity index (χ0v) is 12.6. The molecule has 0 bridgehead atoms. The number of rotatable bonds is 2. The number of Topliss-reactive ketones (excluding diaryl/α,β-unsaturated/α-hetero) is 1. The summed E-state index contributed by atoms with van der Waals surface area (Å²) in [5.74, 6) is -0.116. The fourth-order valence-corrected chi connectivity index (χ4v) is 2.12. The molecule has 0 saturated heterocycles. The van der Waals surface area contributed by atoms with Crippen LogP contribution < -0.4 is 0 Å². The van der Waals surface area contributed by atoms with Crippen molar-refractivity contribution in [3.05, 3.63) is 40.0 Å². The van der Waals surface area contributed by atoms with E-state index in [0.29, 0.717) is 0 Å².